The van der Waals surface area contributed by atoms with Crippen molar-refractivity contribution in [2.24, 2.45) is 0 Å². The monoisotopic (exact) mass is 525 g/mol. The van der Waals surface area contributed by atoms with Gasteiger partial charge in [-0.3, -0.25) is 4.40 Å². The van der Waals surface area contributed by atoms with Gasteiger partial charge in [-0.15, -0.1) is 0 Å². The number of nitrogens with one attached hydrogen (secondary N) is 1. The Balaban J connectivity index is 1.67. The quantitative estimate of drug-likeness (QED) is 0.340. The van der Waals surface area contributed by atoms with Gasteiger partial charge in [-0.2, -0.15) is 5.26 Å². The molecule has 2 N–H and O–H groups in total. The van der Waals surface area contributed by atoms with Crippen molar-refractivity contribution in [2.75, 3.05) is 23.3 Å². The Kier molecular flexibility index (Phi) is 6.07. The summed E-state index contributed by atoms with van der Waals surface area (Å²) in [5.74, 6) is -3.53. The van der Waals surface area contributed by atoms with E-state index in [1.54, 1.807) is 21.6 Å². The van der Waals surface area contributed by atoms with E-state index in [1.165, 1.54) is 6.07 Å². The predicted molar refractivity (Wildman–Crippen MR) is 135 cm³/mol. The fourth-order valence-electron chi connectivity index (χ4n) is 4.65. The van der Waals surface area contributed by atoms with Gasteiger partial charge in [0.2, 0.25) is 5.95 Å². The van der Waals surface area contributed by atoms with E-state index in [9.17, 15) is 23.9 Å². The maximum Gasteiger partial charge on any atom is 0.356 e. The van der Waals surface area contributed by atoms with Gasteiger partial charge in [-0.25, -0.2) is 28.5 Å². The number of benzene rings is 1. The number of nitrogens with zero attached hydrogens (tertiary/aromatic N) is 6. The highest BCUT2D eigenvalue weighted by Gasteiger charge is 2.35. The van der Waals surface area contributed by atoms with Crippen LogP contribution in [-0.4, -0.2) is 49.4 Å². The molecule has 4 aromatic rings. The van der Waals surface area contributed by atoms with Crippen molar-refractivity contribution in [1.29, 1.82) is 5.26 Å². The van der Waals surface area contributed by atoms with Crippen LogP contribution >= 0.6 is 11.6 Å². The number of anilines is 2. The van der Waals surface area contributed by atoms with Gasteiger partial charge < -0.3 is 15.3 Å². The highest BCUT2D eigenvalue weighted by molar-refractivity contribution is 6.29. The molecule has 1 fully saturated rings. The Labute approximate surface area is 215 Å². The summed E-state index contributed by atoms with van der Waals surface area (Å²) in [5, 5.41) is 23.0. The number of hydrogen-bond donors (Lipinski definition) is 2. The Hall–Kier alpha value is -4.04. The number of aromatic carboxylic acids is 1. The minimum atomic E-state index is -2.73. The van der Waals surface area contributed by atoms with E-state index in [1.807, 2.05) is 32.0 Å². The molecule has 9 nitrogen and oxygen atoms in total. The molecule has 1 aliphatic heterocycles. The summed E-state index contributed by atoms with van der Waals surface area (Å²) in [5.41, 5.74) is 2.96. The fourth-order valence-corrected chi connectivity index (χ4v) is 4.79. The van der Waals surface area contributed by atoms with Crippen LogP contribution in [0.2, 0.25) is 5.15 Å². The van der Waals surface area contributed by atoms with E-state index in [4.69, 9.17) is 16.6 Å². The van der Waals surface area contributed by atoms with Crippen molar-refractivity contribution < 1.29 is 18.7 Å². The number of carboxylic acids is 1. The van der Waals surface area contributed by atoms with Crippen LogP contribution in [0.5, 0.6) is 0 Å². The lowest BCUT2D eigenvalue weighted by atomic mass is 10.0. The number of aryl methyl sites for hydroxylation is 1. The summed E-state index contributed by atoms with van der Waals surface area (Å²) in [4.78, 5) is 26.8. The number of halogens is 3. The average Bonchev–Trinajstić information content (AvgIpc) is 3.29. The number of hydrogen-bond acceptors (Lipinski definition) is 7. The summed E-state index contributed by atoms with van der Waals surface area (Å²) in [7, 11) is 0. The summed E-state index contributed by atoms with van der Waals surface area (Å²) < 4.78 is 29.4. The van der Waals surface area contributed by atoms with E-state index in [2.05, 4.69) is 15.3 Å². The van der Waals surface area contributed by atoms with Crippen LogP contribution in [0.3, 0.4) is 0 Å². The molecule has 190 valence electrons. The molecule has 37 heavy (non-hydrogen) atoms. The Bertz CT molecular complexity index is 1590. The molecule has 0 bridgehead atoms. The number of carboxylic acid groups (broad SMARTS) is 1. The first-order valence-electron chi connectivity index (χ1n) is 11.6. The molecule has 0 spiro atoms. The third-order valence-electron chi connectivity index (χ3n) is 6.45. The zero-order chi connectivity index (χ0) is 26.5. The Morgan fingerprint density at radius 3 is 2.65 bits per heavy atom. The number of nitriles is 1. The van der Waals surface area contributed by atoms with Crippen molar-refractivity contribution in [2.45, 2.75) is 38.7 Å². The first kappa shape index (κ1) is 24.6. The SMILES string of the molecule is Cc1cc(C(C)Nc2ccc(Cl)nc2C(=O)O)c2nc(N3CCC(F)(F)CC3)n3cc(C#N)nc3c2c1. The second kappa shape index (κ2) is 9.12. The molecule has 1 unspecified atom stereocenters. The van der Waals surface area contributed by atoms with Crippen molar-refractivity contribution in [3.8, 4) is 6.07 Å². The minimum absolute atomic E-state index is 0.0602. The lowest BCUT2D eigenvalue weighted by Gasteiger charge is -2.33. The molecule has 0 aliphatic carbocycles. The number of carbonyl (C=O) groups is 1. The molecule has 1 saturated heterocycles. The third kappa shape index (κ3) is 4.60. The highest BCUT2D eigenvalue weighted by Crippen LogP contribution is 2.35. The standard InChI is InChI=1S/C25H22ClF2N7O2/c1-13-9-16(14(2)30-18-3-4-19(26)32-21(18)23(36)37)20-17(10-13)22-31-15(11-29)12-35(22)24(33-20)34-7-5-25(27,28)6-8-34/h3-4,9-10,12,14,30H,5-8H2,1-2H3,(H,36,37). The van der Waals surface area contributed by atoms with Gasteiger partial charge in [0, 0.05) is 36.9 Å². The predicted octanol–water partition coefficient (Wildman–Crippen LogP) is 5.22. The number of alkyl halides is 2. The second-order valence-corrected chi connectivity index (χ2v) is 9.53. The van der Waals surface area contributed by atoms with Crippen molar-refractivity contribution in [3.63, 3.8) is 0 Å². The molecule has 0 saturated carbocycles. The van der Waals surface area contributed by atoms with Gasteiger partial charge >= 0.3 is 5.97 Å². The largest absolute Gasteiger partial charge is 0.476 e. The smallest absolute Gasteiger partial charge is 0.356 e. The molecule has 3 aromatic heterocycles. The van der Waals surface area contributed by atoms with Crippen LogP contribution in [0.4, 0.5) is 20.4 Å². The zero-order valence-electron chi connectivity index (χ0n) is 20.0. The molecule has 1 aromatic carbocycles. The van der Waals surface area contributed by atoms with Crippen LogP contribution in [0.15, 0.2) is 30.5 Å². The minimum Gasteiger partial charge on any atom is -0.476 e. The maximum absolute atomic E-state index is 13.9. The van der Waals surface area contributed by atoms with Gasteiger partial charge in [-0.05, 0) is 37.6 Å². The molecule has 0 amide bonds. The molecule has 0 radical (unpaired) electrons. The van der Waals surface area contributed by atoms with Crippen LogP contribution in [0.25, 0.3) is 16.6 Å². The van der Waals surface area contributed by atoms with E-state index >= 15 is 0 Å². The number of fused-ring (bicyclic) bond motifs is 3. The van der Waals surface area contributed by atoms with Gasteiger partial charge in [0.15, 0.2) is 17.0 Å². The summed E-state index contributed by atoms with van der Waals surface area (Å²) in [6.07, 6.45) is 0.967. The summed E-state index contributed by atoms with van der Waals surface area (Å²) in [6.45, 7) is 3.98. The molecular weight excluding hydrogens is 504 g/mol. The van der Waals surface area contributed by atoms with Gasteiger partial charge in [0.05, 0.1) is 23.4 Å². The van der Waals surface area contributed by atoms with Gasteiger partial charge in [0.25, 0.3) is 5.92 Å². The molecule has 1 aliphatic rings. The third-order valence-corrected chi connectivity index (χ3v) is 6.66. The number of imidazole rings is 1. The molecule has 5 rings (SSSR count). The maximum atomic E-state index is 13.9. The number of piperidine rings is 1. The lowest BCUT2D eigenvalue weighted by Crippen LogP contribution is -2.40. The first-order chi connectivity index (χ1) is 17.6. The summed E-state index contributed by atoms with van der Waals surface area (Å²) >= 11 is 5.90. The molecule has 4 heterocycles. The molecule has 1 atom stereocenters. The molecule has 12 heteroatoms. The van der Waals surface area contributed by atoms with Crippen LogP contribution in [-0.2, 0) is 0 Å². The van der Waals surface area contributed by atoms with E-state index in [0.717, 1.165) is 11.1 Å². The zero-order valence-corrected chi connectivity index (χ0v) is 20.7. The fraction of sp³-hybridized carbons (Fsp3) is 0.320. The Morgan fingerprint density at radius 2 is 1.97 bits per heavy atom. The van der Waals surface area contributed by atoms with E-state index in [0.29, 0.717) is 22.5 Å². The van der Waals surface area contributed by atoms with Crippen LogP contribution in [0.1, 0.15) is 53.1 Å². The average molecular weight is 526 g/mol. The lowest BCUT2D eigenvalue weighted by molar-refractivity contribution is -0.0222. The number of pyridine rings is 1. The number of aromatic nitrogens is 4. The normalized spacial score (nSPS) is 16.1. The molecular formula is C25H22ClF2N7O2. The summed E-state index contributed by atoms with van der Waals surface area (Å²) in [6, 6.07) is 8.49. The van der Waals surface area contributed by atoms with E-state index in [-0.39, 0.29) is 48.2 Å². The first-order valence-corrected chi connectivity index (χ1v) is 12.0. The van der Waals surface area contributed by atoms with Gasteiger partial charge in [-0.1, -0.05) is 17.7 Å². The van der Waals surface area contributed by atoms with Crippen LogP contribution < -0.4 is 10.2 Å². The highest BCUT2D eigenvalue weighted by atomic mass is 35.5. The topological polar surface area (TPSA) is 119 Å². The van der Waals surface area contributed by atoms with Crippen molar-refractivity contribution in [1.82, 2.24) is 19.4 Å². The van der Waals surface area contributed by atoms with Crippen LogP contribution in [0, 0.1) is 18.3 Å². The Morgan fingerprint density at radius 1 is 1.24 bits per heavy atom. The van der Waals surface area contributed by atoms with E-state index < -0.39 is 17.9 Å². The van der Waals surface area contributed by atoms with Gasteiger partial charge in [0.1, 0.15) is 11.2 Å². The van der Waals surface area contributed by atoms with Crippen molar-refractivity contribution in [3.05, 3.63) is 58.1 Å². The second-order valence-electron chi connectivity index (χ2n) is 9.14. The van der Waals surface area contributed by atoms with Crippen molar-refractivity contribution >= 4 is 45.8 Å². The number of rotatable bonds is 5.